The Hall–Kier alpha value is -0.300. The predicted molar refractivity (Wildman–Crippen MR) is 82.3 cm³/mol. The summed E-state index contributed by atoms with van der Waals surface area (Å²) in [6.45, 7) is 5.10. The van der Waals surface area contributed by atoms with E-state index in [9.17, 15) is 5.11 Å². The van der Waals surface area contributed by atoms with Gasteiger partial charge in [0.25, 0.3) is 0 Å². The summed E-state index contributed by atoms with van der Waals surface area (Å²) in [5.74, 6) is 2.84. The first-order valence-electron chi connectivity index (χ1n) is 8.90. The van der Waals surface area contributed by atoms with E-state index in [1.807, 2.05) is 0 Å². The molecule has 0 heterocycles. The fraction of sp³-hybridized carbons (Fsp3) is 0.895. The van der Waals surface area contributed by atoms with Gasteiger partial charge in [-0.15, -0.1) is 0 Å². The van der Waals surface area contributed by atoms with Crippen molar-refractivity contribution in [1.82, 2.24) is 0 Å². The van der Waals surface area contributed by atoms with Gasteiger partial charge in [-0.05, 0) is 80.0 Å². The van der Waals surface area contributed by atoms with Gasteiger partial charge in [-0.25, -0.2) is 0 Å². The van der Waals surface area contributed by atoms with E-state index in [2.05, 4.69) is 19.9 Å². The molecule has 1 nitrogen and oxygen atoms in total. The number of aliphatic hydroxyl groups is 1. The molecular formula is C19H30O. The zero-order valence-corrected chi connectivity index (χ0v) is 13.2. The normalized spacial score (nSPS) is 54.6. The van der Waals surface area contributed by atoms with Crippen LogP contribution in [0, 0.1) is 28.6 Å². The van der Waals surface area contributed by atoms with Crippen LogP contribution in [0.5, 0.6) is 0 Å². The molecular weight excluding hydrogens is 244 g/mol. The van der Waals surface area contributed by atoms with Gasteiger partial charge < -0.3 is 5.11 Å². The summed E-state index contributed by atoms with van der Waals surface area (Å²) in [6.07, 6.45) is 14.3. The number of hydrogen-bond donors (Lipinski definition) is 1. The first-order valence-corrected chi connectivity index (χ1v) is 8.90. The Morgan fingerprint density at radius 1 is 1.05 bits per heavy atom. The second-order valence-corrected chi connectivity index (χ2v) is 8.74. The second kappa shape index (κ2) is 4.35. The third-order valence-corrected chi connectivity index (χ3v) is 7.86. The van der Waals surface area contributed by atoms with E-state index >= 15 is 0 Å². The Morgan fingerprint density at radius 3 is 2.75 bits per heavy atom. The molecule has 4 rings (SSSR count). The Labute approximate surface area is 123 Å². The smallest absolute Gasteiger partial charge is 0.0577 e. The van der Waals surface area contributed by atoms with Crippen LogP contribution in [0.1, 0.15) is 71.6 Å². The minimum atomic E-state index is -0.0637. The van der Waals surface area contributed by atoms with E-state index in [0.29, 0.717) is 10.8 Å². The Morgan fingerprint density at radius 2 is 1.90 bits per heavy atom. The summed E-state index contributed by atoms with van der Waals surface area (Å²) in [6, 6.07) is 0. The molecule has 3 saturated carbocycles. The highest BCUT2D eigenvalue weighted by Crippen LogP contribution is 2.64. The van der Waals surface area contributed by atoms with Crippen molar-refractivity contribution in [1.29, 1.82) is 0 Å². The van der Waals surface area contributed by atoms with Crippen LogP contribution >= 0.6 is 0 Å². The molecule has 0 saturated heterocycles. The van der Waals surface area contributed by atoms with Crippen molar-refractivity contribution in [3.63, 3.8) is 0 Å². The average Bonchev–Trinajstić information content (AvgIpc) is 2.81. The van der Waals surface area contributed by atoms with Crippen molar-refractivity contribution >= 4 is 0 Å². The van der Waals surface area contributed by atoms with Crippen LogP contribution in [0.4, 0.5) is 0 Å². The van der Waals surface area contributed by atoms with Crippen molar-refractivity contribution < 1.29 is 5.11 Å². The van der Waals surface area contributed by atoms with Gasteiger partial charge in [-0.1, -0.05) is 31.9 Å². The van der Waals surface area contributed by atoms with Gasteiger partial charge in [0.05, 0.1) is 6.10 Å². The fourth-order valence-electron chi connectivity index (χ4n) is 6.63. The highest BCUT2D eigenvalue weighted by molar-refractivity contribution is 5.25. The predicted octanol–water partition coefficient (Wildman–Crippen LogP) is 4.70. The second-order valence-electron chi connectivity index (χ2n) is 8.74. The largest absolute Gasteiger partial charge is 0.393 e. The van der Waals surface area contributed by atoms with Crippen LogP contribution < -0.4 is 0 Å². The highest BCUT2D eigenvalue weighted by Gasteiger charge is 2.55. The SMILES string of the molecule is C[C@]12CCC[C@@H]1[C@H]1CC=C3C[C@H](O)CC[C@]3(C)[C@@H]1CC2. The number of rotatable bonds is 0. The van der Waals surface area contributed by atoms with Crippen molar-refractivity contribution in [2.45, 2.75) is 77.7 Å². The monoisotopic (exact) mass is 274 g/mol. The third-order valence-electron chi connectivity index (χ3n) is 7.86. The first kappa shape index (κ1) is 13.4. The zero-order valence-electron chi connectivity index (χ0n) is 13.2. The van der Waals surface area contributed by atoms with E-state index in [0.717, 1.165) is 30.6 Å². The van der Waals surface area contributed by atoms with E-state index in [-0.39, 0.29) is 6.10 Å². The van der Waals surface area contributed by atoms with Crippen LogP contribution in [0.2, 0.25) is 0 Å². The van der Waals surface area contributed by atoms with Crippen LogP contribution in [0.25, 0.3) is 0 Å². The molecule has 0 bridgehead atoms. The molecule has 0 amide bonds. The molecule has 6 atom stereocenters. The zero-order chi connectivity index (χ0) is 14.0. The highest BCUT2D eigenvalue weighted by atomic mass is 16.3. The quantitative estimate of drug-likeness (QED) is 0.635. The van der Waals surface area contributed by atoms with E-state index in [4.69, 9.17) is 0 Å². The van der Waals surface area contributed by atoms with Crippen molar-refractivity contribution in [2.75, 3.05) is 0 Å². The van der Waals surface area contributed by atoms with Gasteiger partial charge >= 0.3 is 0 Å². The van der Waals surface area contributed by atoms with Gasteiger partial charge in [-0.2, -0.15) is 0 Å². The first-order chi connectivity index (χ1) is 9.53. The van der Waals surface area contributed by atoms with Crippen molar-refractivity contribution in [3.05, 3.63) is 11.6 Å². The lowest BCUT2D eigenvalue weighted by atomic mass is 9.48. The van der Waals surface area contributed by atoms with Crippen LogP contribution in [-0.2, 0) is 0 Å². The summed E-state index contributed by atoms with van der Waals surface area (Å²) in [4.78, 5) is 0. The maximum atomic E-state index is 10.0. The standard InChI is InChI=1S/C19H30O/c1-18-9-3-4-16(18)15-6-5-13-12-14(20)7-11-19(13,2)17(15)8-10-18/h5,14-17,20H,3-4,6-12H2,1-2H3/t14-,15-,16-,17-,18-,19+/m1/s1. The number of aliphatic hydroxyl groups excluding tert-OH is 1. The lowest BCUT2D eigenvalue weighted by Crippen LogP contribution is -2.49. The molecule has 20 heavy (non-hydrogen) atoms. The van der Waals surface area contributed by atoms with Gasteiger partial charge in [0.1, 0.15) is 0 Å². The van der Waals surface area contributed by atoms with Crippen LogP contribution in [0.3, 0.4) is 0 Å². The third kappa shape index (κ3) is 1.71. The molecule has 0 aromatic carbocycles. The maximum absolute atomic E-state index is 10.0. The minimum absolute atomic E-state index is 0.0637. The molecule has 0 aliphatic heterocycles. The average molecular weight is 274 g/mol. The molecule has 3 fully saturated rings. The molecule has 1 N–H and O–H groups in total. The van der Waals surface area contributed by atoms with Crippen molar-refractivity contribution in [3.8, 4) is 0 Å². The number of fused-ring (bicyclic) bond motifs is 5. The Kier molecular flexibility index (Phi) is 2.91. The van der Waals surface area contributed by atoms with Gasteiger partial charge in [-0.3, -0.25) is 0 Å². The molecule has 0 aromatic heterocycles. The van der Waals surface area contributed by atoms with Gasteiger partial charge in [0.2, 0.25) is 0 Å². The Balaban J connectivity index is 1.68. The molecule has 0 aromatic rings. The topological polar surface area (TPSA) is 20.2 Å². The number of allylic oxidation sites excluding steroid dienone is 1. The molecule has 4 aliphatic carbocycles. The Bertz CT molecular complexity index is 439. The van der Waals surface area contributed by atoms with Gasteiger partial charge in [0, 0.05) is 0 Å². The van der Waals surface area contributed by atoms with Gasteiger partial charge in [0.15, 0.2) is 0 Å². The molecule has 0 unspecified atom stereocenters. The fourth-order valence-corrected chi connectivity index (χ4v) is 6.63. The summed E-state index contributed by atoms with van der Waals surface area (Å²) >= 11 is 0. The van der Waals surface area contributed by atoms with Crippen LogP contribution in [0.15, 0.2) is 11.6 Å². The summed E-state index contributed by atoms with van der Waals surface area (Å²) in [5, 5.41) is 10.0. The summed E-state index contributed by atoms with van der Waals surface area (Å²) in [7, 11) is 0. The molecule has 0 radical (unpaired) electrons. The van der Waals surface area contributed by atoms with Crippen LogP contribution in [-0.4, -0.2) is 11.2 Å². The van der Waals surface area contributed by atoms with Crippen molar-refractivity contribution in [2.24, 2.45) is 28.6 Å². The minimum Gasteiger partial charge on any atom is -0.393 e. The molecule has 1 heteroatoms. The number of hydrogen-bond acceptors (Lipinski definition) is 1. The van der Waals surface area contributed by atoms with E-state index in [1.54, 1.807) is 5.57 Å². The maximum Gasteiger partial charge on any atom is 0.0577 e. The molecule has 0 spiro atoms. The molecule has 4 aliphatic rings. The summed E-state index contributed by atoms with van der Waals surface area (Å²) < 4.78 is 0. The molecule has 112 valence electrons. The lowest BCUT2D eigenvalue weighted by molar-refractivity contribution is -0.0360. The van der Waals surface area contributed by atoms with E-state index < -0.39 is 0 Å². The lowest BCUT2D eigenvalue weighted by Gasteiger charge is -2.57. The van der Waals surface area contributed by atoms with E-state index in [1.165, 1.54) is 44.9 Å². The summed E-state index contributed by atoms with van der Waals surface area (Å²) in [5.41, 5.74) is 2.70.